The van der Waals surface area contributed by atoms with Crippen LogP contribution < -0.4 is 15.6 Å². The second-order valence-corrected chi connectivity index (χ2v) is 9.51. The zero-order valence-corrected chi connectivity index (χ0v) is 22.5. The molecule has 200 valence electrons. The maximum Gasteiger partial charge on any atom is 0.311 e. The summed E-state index contributed by atoms with van der Waals surface area (Å²) in [7, 11) is 0. The Morgan fingerprint density at radius 2 is 2.00 bits per heavy atom. The Morgan fingerprint density at radius 1 is 1.26 bits per heavy atom. The molecule has 1 amide bonds. The van der Waals surface area contributed by atoms with E-state index in [1.165, 1.54) is 53.4 Å². The summed E-state index contributed by atoms with van der Waals surface area (Å²) in [5, 5.41) is 18.9. The number of halogens is 2. The lowest BCUT2D eigenvalue weighted by Crippen LogP contribution is -2.24. The molecule has 0 aliphatic carbocycles. The van der Waals surface area contributed by atoms with E-state index in [9.17, 15) is 24.1 Å². The third-order valence-corrected chi connectivity index (χ3v) is 6.39. The van der Waals surface area contributed by atoms with Gasteiger partial charge in [-0.1, -0.05) is 35.8 Å². The van der Waals surface area contributed by atoms with Gasteiger partial charge >= 0.3 is 5.69 Å². The molecule has 39 heavy (non-hydrogen) atoms. The fraction of sp³-hybridized carbons (Fsp3) is 0.185. The molecule has 0 saturated carbocycles. The van der Waals surface area contributed by atoms with Gasteiger partial charge in [0, 0.05) is 27.7 Å². The van der Waals surface area contributed by atoms with Crippen LogP contribution in [0.1, 0.15) is 37.6 Å². The van der Waals surface area contributed by atoms with Crippen LogP contribution in [0.15, 0.2) is 75.0 Å². The number of rotatable bonds is 9. The molecule has 0 fully saturated rings. The maximum absolute atomic E-state index is 13.4. The Labute approximate surface area is 230 Å². The van der Waals surface area contributed by atoms with E-state index in [4.69, 9.17) is 4.74 Å². The van der Waals surface area contributed by atoms with Gasteiger partial charge in [0.1, 0.15) is 11.6 Å². The van der Waals surface area contributed by atoms with E-state index < -0.39 is 28.8 Å². The number of nitro groups is 1. The lowest BCUT2D eigenvalue weighted by molar-refractivity contribution is -0.385. The van der Waals surface area contributed by atoms with Crippen molar-refractivity contribution in [2.75, 3.05) is 11.9 Å². The molecular weight excluding hydrogens is 573 g/mol. The third-order valence-electron chi connectivity index (χ3n) is 5.90. The molecule has 0 aliphatic rings. The smallest absolute Gasteiger partial charge is 0.311 e. The molecule has 0 radical (unpaired) electrons. The first kappa shape index (κ1) is 27.6. The molecule has 0 bridgehead atoms. The summed E-state index contributed by atoms with van der Waals surface area (Å²) in [5.41, 5.74) is 0.247. The molecule has 4 aromatic rings. The quantitative estimate of drug-likeness (QED) is 0.152. The van der Waals surface area contributed by atoms with Gasteiger partial charge in [-0.2, -0.15) is 9.78 Å². The molecule has 1 atom stereocenters. The summed E-state index contributed by atoms with van der Waals surface area (Å²) in [6, 6.07) is 14.5. The van der Waals surface area contributed by atoms with Crippen molar-refractivity contribution in [1.82, 2.24) is 9.66 Å². The maximum atomic E-state index is 13.4. The van der Waals surface area contributed by atoms with Crippen LogP contribution in [0.4, 0.5) is 15.8 Å². The topological polar surface area (TPSA) is 129 Å². The van der Waals surface area contributed by atoms with Crippen molar-refractivity contribution in [2.45, 2.75) is 26.2 Å². The van der Waals surface area contributed by atoms with Gasteiger partial charge in [0.05, 0.1) is 22.0 Å². The van der Waals surface area contributed by atoms with Gasteiger partial charge < -0.3 is 10.1 Å². The van der Waals surface area contributed by atoms with Crippen LogP contribution in [0.25, 0.3) is 10.9 Å². The van der Waals surface area contributed by atoms with Gasteiger partial charge in [-0.05, 0) is 55.0 Å². The predicted octanol–water partition coefficient (Wildman–Crippen LogP) is 5.62. The van der Waals surface area contributed by atoms with Crippen LogP contribution in [0, 0.1) is 15.9 Å². The summed E-state index contributed by atoms with van der Waals surface area (Å²) in [6.45, 7) is 3.31. The van der Waals surface area contributed by atoms with Crippen molar-refractivity contribution in [3.05, 3.63) is 103 Å². The normalized spacial score (nSPS) is 12.0. The molecule has 10 nitrogen and oxygen atoms in total. The number of amides is 1. The van der Waals surface area contributed by atoms with E-state index in [-0.39, 0.29) is 22.9 Å². The van der Waals surface area contributed by atoms with Gasteiger partial charge in [-0.3, -0.25) is 19.7 Å². The standard InChI is InChI=1S/C27H23BrFN5O5/c1-3-16(2)26-32-22-12-7-18(28)13-21(22)27(36)33(26)30-14-17-5-4-6-23(34(37)38)25(17)39-15-24(35)31-20-10-8-19(29)9-11-20/h4-14,16H,3,15H2,1-2H3,(H,31,35)/t16-/m1/s1. The number of carbonyl (C=O) groups is 1. The number of fused-ring (bicyclic) bond motifs is 1. The average molecular weight is 596 g/mol. The fourth-order valence-electron chi connectivity index (χ4n) is 3.71. The lowest BCUT2D eigenvalue weighted by Gasteiger charge is -2.14. The molecule has 0 unspecified atom stereocenters. The molecule has 12 heteroatoms. The number of aromatic nitrogens is 2. The van der Waals surface area contributed by atoms with Crippen molar-refractivity contribution in [3.63, 3.8) is 0 Å². The first-order valence-electron chi connectivity index (χ1n) is 11.9. The second-order valence-electron chi connectivity index (χ2n) is 8.60. The number of hydrogen-bond acceptors (Lipinski definition) is 7. The highest BCUT2D eigenvalue weighted by molar-refractivity contribution is 9.10. The first-order valence-corrected chi connectivity index (χ1v) is 12.7. The molecule has 0 saturated heterocycles. The molecule has 0 aliphatic heterocycles. The minimum Gasteiger partial charge on any atom is -0.476 e. The number of anilines is 1. The summed E-state index contributed by atoms with van der Waals surface area (Å²) < 4.78 is 20.6. The van der Waals surface area contributed by atoms with E-state index in [1.807, 2.05) is 13.8 Å². The van der Waals surface area contributed by atoms with Crippen LogP contribution in [0.5, 0.6) is 5.75 Å². The molecule has 1 N–H and O–H groups in total. The number of hydrogen-bond donors (Lipinski definition) is 1. The van der Waals surface area contributed by atoms with E-state index in [2.05, 4.69) is 31.3 Å². The Morgan fingerprint density at radius 3 is 2.69 bits per heavy atom. The van der Waals surface area contributed by atoms with Crippen molar-refractivity contribution in [3.8, 4) is 5.75 Å². The number of nitrogens with zero attached hydrogens (tertiary/aromatic N) is 4. The van der Waals surface area contributed by atoms with E-state index >= 15 is 0 Å². The van der Waals surface area contributed by atoms with E-state index in [1.54, 1.807) is 18.2 Å². The number of ether oxygens (including phenoxy) is 1. The monoisotopic (exact) mass is 595 g/mol. The zero-order chi connectivity index (χ0) is 28.1. The van der Waals surface area contributed by atoms with Gasteiger partial charge in [-0.25, -0.2) is 9.37 Å². The highest BCUT2D eigenvalue weighted by Crippen LogP contribution is 2.30. The summed E-state index contributed by atoms with van der Waals surface area (Å²) in [5.74, 6) is -0.950. The largest absolute Gasteiger partial charge is 0.476 e. The summed E-state index contributed by atoms with van der Waals surface area (Å²) in [6.07, 6.45) is 1.96. The Balaban J connectivity index is 1.70. The highest BCUT2D eigenvalue weighted by Gasteiger charge is 2.21. The van der Waals surface area contributed by atoms with E-state index in [0.717, 1.165) is 0 Å². The molecule has 0 spiro atoms. The van der Waals surface area contributed by atoms with Crippen LogP contribution in [-0.2, 0) is 4.79 Å². The number of nitro benzene ring substituents is 1. The van der Waals surface area contributed by atoms with Crippen LogP contribution in [0.3, 0.4) is 0 Å². The lowest BCUT2D eigenvalue weighted by atomic mass is 10.1. The predicted molar refractivity (Wildman–Crippen MR) is 149 cm³/mol. The zero-order valence-electron chi connectivity index (χ0n) is 20.9. The number of nitrogens with one attached hydrogen (secondary N) is 1. The minimum absolute atomic E-state index is 0.112. The molecule has 3 aromatic carbocycles. The molecule has 4 rings (SSSR count). The summed E-state index contributed by atoms with van der Waals surface area (Å²) >= 11 is 3.37. The Hall–Kier alpha value is -4.45. The number of carbonyl (C=O) groups excluding carboxylic acids is 1. The van der Waals surface area contributed by atoms with Crippen molar-refractivity contribution in [2.24, 2.45) is 5.10 Å². The second kappa shape index (κ2) is 11.9. The highest BCUT2D eigenvalue weighted by atomic mass is 79.9. The van der Waals surface area contributed by atoms with Gasteiger partial charge in [0.2, 0.25) is 5.75 Å². The van der Waals surface area contributed by atoms with Crippen molar-refractivity contribution in [1.29, 1.82) is 0 Å². The SMILES string of the molecule is CC[C@@H](C)c1nc2ccc(Br)cc2c(=O)n1N=Cc1cccc([N+](=O)[O-])c1OCC(=O)Nc1ccc(F)cc1. The molecule has 1 heterocycles. The van der Waals surface area contributed by atoms with Gasteiger partial charge in [0.25, 0.3) is 11.5 Å². The Bertz CT molecular complexity index is 1640. The van der Waals surface area contributed by atoms with Crippen molar-refractivity contribution < 1.29 is 18.8 Å². The van der Waals surface area contributed by atoms with Crippen LogP contribution in [-0.4, -0.2) is 33.3 Å². The Kier molecular flexibility index (Phi) is 8.45. The number of benzene rings is 3. The minimum atomic E-state index is -0.642. The first-order chi connectivity index (χ1) is 18.7. The van der Waals surface area contributed by atoms with Gasteiger partial charge in [-0.15, -0.1) is 0 Å². The third kappa shape index (κ3) is 6.34. The van der Waals surface area contributed by atoms with E-state index in [0.29, 0.717) is 33.3 Å². The summed E-state index contributed by atoms with van der Waals surface area (Å²) in [4.78, 5) is 41.5. The van der Waals surface area contributed by atoms with Gasteiger partial charge in [0.15, 0.2) is 6.61 Å². The van der Waals surface area contributed by atoms with Crippen molar-refractivity contribution >= 4 is 50.3 Å². The number of para-hydroxylation sites is 1. The van der Waals surface area contributed by atoms with Crippen LogP contribution >= 0.6 is 15.9 Å². The average Bonchev–Trinajstić information content (AvgIpc) is 2.92. The van der Waals surface area contributed by atoms with Crippen LogP contribution in [0.2, 0.25) is 0 Å². The molecular formula is C27H23BrFN5O5. The fourth-order valence-corrected chi connectivity index (χ4v) is 4.07. The molecule has 1 aromatic heterocycles.